The summed E-state index contributed by atoms with van der Waals surface area (Å²) >= 11 is 6.35. The van der Waals surface area contributed by atoms with E-state index in [1.807, 2.05) is 26.8 Å². The van der Waals surface area contributed by atoms with Crippen molar-refractivity contribution in [1.82, 2.24) is 4.31 Å². The summed E-state index contributed by atoms with van der Waals surface area (Å²) in [6.07, 6.45) is -0.477. The van der Waals surface area contributed by atoms with Gasteiger partial charge in [-0.3, -0.25) is 4.79 Å². The molecule has 1 amide bonds. The SMILES string of the molecule is Cc1ccc2c(c1)Oc1cc(Cl)c(S(=O)(=O)N3C[C@@H](C)O[C@H](C)C3)cc1C(=O)N2. The largest absolute Gasteiger partial charge is 0.454 e. The van der Waals surface area contributed by atoms with Crippen LogP contribution < -0.4 is 10.1 Å². The molecule has 9 heteroatoms. The summed E-state index contributed by atoms with van der Waals surface area (Å²) in [6, 6.07) is 8.05. The molecule has 0 spiro atoms. The number of ether oxygens (including phenoxy) is 2. The molecule has 0 saturated carbocycles. The number of carbonyl (C=O) groups excluding carboxylic acids is 1. The van der Waals surface area contributed by atoms with E-state index in [-0.39, 0.29) is 46.5 Å². The minimum absolute atomic E-state index is 0.000508. The van der Waals surface area contributed by atoms with Gasteiger partial charge in [0.05, 0.1) is 28.5 Å². The zero-order valence-corrected chi connectivity index (χ0v) is 17.8. The van der Waals surface area contributed by atoms with Crippen LogP contribution in [0.3, 0.4) is 0 Å². The van der Waals surface area contributed by atoms with E-state index in [9.17, 15) is 13.2 Å². The highest BCUT2D eigenvalue weighted by molar-refractivity contribution is 7.89. The number of carbonyl (C=O) groups is 1. The van der Waals surface area contributed by atoms with Gasteiger partial charge in [0.15, 0.2) is 5.75 Å². The van der Waals surface area contributed by atoms with Gasteiger partial charge in [0.1, 0.15) is 10.6 Å². The lowest BCUT2D eigenvalue weighted by atomic mass is 10.2. The first kappa shape index (κ1) is 20.2. The number of benzene rings is 2. The van der Waals surface area contributed by atoms with Crippen LogP contribution in [0.15, 0.2) is 35.2 Å². The van der Waals surface area contributed by atoms with E-state index in [0.717, 1.165) is 5.56 Å². The van der Waals surface area contributed by atoms with Crippen molar-refractivity contribution in [2.75, 3.05) is 18.4 Å². The molecule has 1 saturated heterocycles. The summed E-state index contributed by atoms with van der Waals surface area (Å²) in [5, 5.41) is 2.76. The third-order valence-corrected chi connectivity index (χ3v) is 7.18. The van der Waals surface area contributed by atoms with E-state index < -0.39 is 15.9 Å². The Hall–Kier alpha value is -2.13. The first-order chi connectivity index (χ1) is 13.6. The molecule has 2 heterocycles. The van der Waals surface area contributed by atoms with E-state index in [0.29, 0.717) is 11.4 Å². The van der Waals surface area contributed by atoms with Crippen LogP contribution in [0.1, 0.15) is 29.8 Å². The molecule has 2 aromatic carbocycles. The summed E-state index contributed by atoms with van der Waals surface area (Å²) in [5.41, 5.74) is 1.58. The number of fused-ring (bicyclic) bond motifs is 2. The van der Waals surface area contributed by atoms with Gasteiger partial charge in [-0.25, -0.2) is 8.42 Å². The van der Waals surface area contributed by atoms with Gasteiger partial charge in [-0.1, -0.05) is 17.7 Å². The minimum atomic E-state index is -3.92. The molecule has 29 heavy (non-hydrogen) atoms. The molecular weight excluding hydrogens is 416 g/mol. The summed E-state index contributed by atoms with van der Waals surface area (Å²) < 4.78 is 39.4. The van der Waals surface area contributed by atoms with Crippen molar-refractivity contribution >= 4 is 33.2 Å². The molecule has 1 fully saturated rings. The average molecular weight is 437 g/mol. The van der Waals surface area contributed by atoms with Gasteiger partial charge in [0.25, 0.3) is 5.91 Å². The molecule has 0 radical (unpaired) electrons. The average Bonchev–Trinajstić information content (AvgIpc) is 2.75. The topological polar surface area (TPSA) is 84.9 Å². The minimum Gasteiger partial charge on any atom is -0.454 e. The number of rotatable bonds is 2. The summed E-state index contributed by atoms with van der Waals surface area (Å²) in [6.45, 7) is 5.97. The fourth-order valence-corrected chi connectivity index (χ4v) is 5.69. The van der Waals surface area contributed by atoms with Crippen molar-refractivity contribution < 1.29 is 22.7 Å². The second-order valence-corrected chi connectivity index (χ2v) is 9.73. The fourth-order valence-electron chi connectivity index (χ4n) is 3.59. The van der Waals surface area contributed by atoms with Crippen LogP contribution in [-0.2, 0) is 14.8 Å². The maximum atomic E-state index is 13.3. The van der Waals surface area contributed by atoms with Gasteiger partial charge >= 0.3 is 0 Å². The Bertz CT molecular complexity index is 1090. The first-order valence-electron chi connectivity index (χ1n) is 9.24. The normalized spacial score (nSPS) is 22.1. The predicted molar refractivity (Wildman–Crippen MR) is 109 cm³/mol. The molecule has 4 rings (SSSR count). The smallest absolute Gasteiger partial charge is 0.259 e. The lowest BCUT2D eigenvalue weighted by molar-refractivity contribution is -0.0440. The molecule has 0 unspecified atom stereocenters. The number of nitrogens with one attached hydrogen (secondary N) is 1. The standard InChI is InChI=1S/C20H21ClN2O5S/c1-11-4-5-16-18(6-11)28-17-8-15(21)19(7-14(17)20(24)22-16)29(25,26)23-9-12(2)27-13(3)10-23/h4-8,12-13H,9-10H2,1-3H3,(H,22,24)/t12-,13-/m1/s1. The number of morpholine rings is 1. The fraction of sp³-hybridized carbons (Fsp3) is 0.350. The Morgan fingerprint density at radius 1 is 1.10 bits per heavy atom. The highest BCUT2D eigenvalue weighted by atomic mass is 35.5. The zero-order chi connectivity index (χ0) is 20.9. The molecule has 2 aliphatic heterocycles. The van der Waals surface area contributed by atoms with Crippen LogP contribution in [0, 0.1) is 6.92 Å². The van der Waals surface area contributed by atoms with E-state index in [4.69, 9.17) is 21.1 Å². The third-order valence-electron chi connectivity index (χ3n) is 4.89. The van der Waals surface area contributed by atoms with Crippen molar-refractivity contribution in [3.63, 3.8) is 0 Å². The van der Waals surface area contributed by atoms with Crippen molar-refractivity contribution in [2.45, 2.75) is 37.9 Å². The monoisotopic (exact) mass is 436 g/mol. The number of amides is 1. The Labute approximate surface area is 174 Å². The van der Waals surface area contributed by atoms with Gasteiger partial charge in [0.2, 0.25) is 10.0 Å². The van der Waals surface area contributed by atoms with Crippen LogP contribution >= 0.6 is 11.6 Å². The van der Waals surface area contributed by atoms with Crippen LogP contribution in [-0.4, -0.2) is 43.9 Å². The van der Waals surface area contributed by atoms with Crippen LogP contribution in [0.2, 0.25) is 5.02 Å². The molecule has 0 aliphatic carbocycles. The second kappa shape index (κ2) is 7.28. The highest BCUT2D eigenvalue weighted by Crippen LogP contribution is 2.40. The lowest BCUT2D eigenvalue weighted by Crippen LogP contribution is -2.48. The van der Waals surface area contributed by atoms with Crippen LogP contribution in [0.4, 0.5) is 5.69 Å². The number of hydrogen-bond acceptors (Lipinski definition) is 5. The number of halogens is 1. The molecule has 1 N–H and O–H groups in total. The quantitative estimate of drug-likeness (QED) is 0.773. The molecule has 154 valence electrons. The van der Waals surface area contributed by atoms with Crippen LogP contribution in [0.5, 0.6) is 11.5 Å². The predicted octanol–water partition coefficient (Wildman–Crippen LogP) is 3.80. The molecule has 0 aromatic heterocycles. The van der Waals surface area contributed by atoms with Crippen molar-refractivity contribution in [3.8, 4) is 11.5 Å². The Morgan fingerprint density at radius 2 is 1.79 bits per heavy atom. The van der Waals surface area contributed by atoms with Crippen molar-refractivity contribution in [1.29, 1.82) is 0 Å². The Balaban J connectivity index is 1.77. The number of hydrogen-bond donors (Lipinski definition) is 1. The molecular formula is C20H21ClN2O5S. The van der Waals surface area contributed by atoms with Gasteiger partial charge in [0, 0.05) is 19.2 Å². The van der Waals surface area contributed by atoms with Gasteiger partial charge < -0.3 is 14.8 Å². The van der Waals surface area contributed by atoms with Crippen LogP contribution in [0.25, 0.3) is 0 Å². The Morgan fingerprint density at radius 3 is 2.48 bits per heavy atom. The molecule has 0 bridgehead atoms. The summed E-state index contributed by atoms with van der Waals surface area (Å²) in [7, 11) is -3.92. The molecule has 2 atom stereocenters. The maximum Gasteiger partial charge on any atom is 0.259 e. The number of sulfonamides is 1. The summed E-state index contributed by atoms with van der Waals surface area (Å²) in [4.78, 5) is 12.6. The Kier molecular flexibility index (Phi) is 5.06. The molecule has 2 aromatic rings. The zero-order valence-electron chi connectivity index (χ0n) is 16.2. The molecule has 2 aliphatic rings. The van der Waals surface area contributed by atoms with E-state index >= 15 is 0 Å². The van der Waals surface area contributed by atoms with Gasteiger partial charge in [-0.15, -0.1) is 0 Å². The van der Waals surface area contributed by atoms with E-state index in [2.05, 4.69) is 5.32 Å². The van der Waals surface area contributed by atoms with Gasteiger partial charge in [-0.05, 0) is 44.5 Å². The maximum absolute atomic E-state index is 13.3. The number of anilines is 1. The summed E-state index contributed by atoms with van der Waals surface area (Å²) in [5.74, 6) is 0.221. The number of aryl methyl sites for hydroxylation is 1. The molecule has 7 nitrogen and oxygen atoms in total. The van der Waals surface area contributed by atoms with E-state index in [1.165, 1.54) is 16.4 Å². The van der Waals surface area contributed by atoms with Crippen molar-refractivity contribution in [3.05, 3.63) is 46.5 Å². The third kappa shape index (κ3) is 3.73. The lowest BCUT2D eigenvalue weighted by Gasteiger charge is -2.34. The highest BCUT2D eigenvalue weighted by Gasteiger charge is 2.35. The second-order valence-electron chi connectivity index (χ2n) is 7.41. The van der Waals surface area contributed by atoms with Gasteiger partial charge in [-0.2, -0.15) is 4.31 Å². The van der Waals surface area contributed by atoms with Crippen molar-refractivity contribution in [2.24, 2.45) is 0 Å². The van der Waals surface area contributed by atoms with E-state index in [1.54, 1.807) is 12.1 Å². The first-order valence-corrected chi connectivity index (χ1v) is 11.1. The number of nitrogens with zero attached hydrogens (tertiary/aromatic N) is 1.